The van der Waals surface area contributed by atoms with Gasteiger partial charge in [0.1, 0.15) is 16.8 Å². The van der Waals surface area contributed by atoms with Crippen molar-refractivity contribution in [2.75, 3.05) is 25.0 Å². The number of carbonyl (C=O) groups excluding carboxylic acids is 1. The largest absolute Gasteiger partial charge is 0.355 e. The average molecular weight is 299 g/mol. The van der Waals surface area contributed by atoms with E-state index >= 15 is 0 Å². The van der Waals surface area contributed by atoms with Crippen LogP contribution in [0.4, 0.5) is 5.82 Å². The van der Waals surface area contributed by atoms with Gasteiger partial charge in [-0.2, -0.15) is 0 Å². The fourth-order valence-electron chi connectivity index (χ4n) is 1.55. The number of carbonyl (C=O) groups is 1. The molecule has 0 atom stereocenters. The summed E-state index contributed by atoms with van der Waals surface area (Å²) in [6.45, 7) is 9.02. The first-order chi connectivity index (χ1) is 9.24. The van der Waals surface area contributed by atoms with E-state index in [0.29, 0.717) is 23.3 Å². The highest BCUT2D eigenvalue weighted by Crippen LogP contribution is 2.23. The van der Waals surface area contributed by atoms with Crippen LogP contribution in [0.1, 0.15) is 39.9 Å². The number of likely N-dealkylation sites (N-methyl/N-ethyl adjacent to an activating group) is 1. The van der Waals surface area contributed by atoms with Crippen LogP contribution in [0.2, 0.25) is 5.15 Å². The van der Waals surface area contributed by atoms with Gasteiger partial charge in [-0.3, -0.25) is 4.79 Å². The Kier molecular flexibility index (Phi) is 5.74. The summed E-state index contributed by atoms with van der Waals surface area (Å²) >= 11 is 6.04. The van der Waals surface area contributed by atoms with Gasteiger partial charge < -0.3 is 10.2 Å². The maximum Gasteiger partial charge on any atom is 0.239 e. The van der Waals surface area contributed by atoms with E-state index in [2.05, 4.69) is 15.3 Å². The van der Waals surface area contributed by atoms with E-state index in [0.717, 1.165) is 6.42 Å². The number of anilines is 1. The van der Waals surface area contributed by atoms with E-state index in [4.69, 9.17) is 11.6 Å². The van der Waals surface area contributed by atoms with E-state index in [1.807, 2.05) is 34.7 Å². The van der Waals surface area contributed by atoms with Gasteiger partial charge in [-0.1, -0.05) is 39.3 Å². The Bertz CT molecular complexity index is 471. The number of nitrogens with one attached hydrogen (secondary N) is 1. The Labute approximate surface area is 125 Å². The van der Waals surface area contributed by atoms with E-state index in [1.165, 1.54) is 0 Å². The lowest BCUT2D eigenvalue weighted by molar-refractivity contribution is -0.119. The molecule has 0 aliphatic carbocycles. The molecule has 6 heteroatoms. The van der Waals surface area contributed by atoms with E-state index in [1.54, 1.807) is 11.0 Å². The summed E-state index contributed by atoms with van der Waals surface area (Å²) in [5.41, 5.74) is -0.190. The normalized spacial score (nSPS) is 11.3. The zero-order valence-electron chi connectivity index (χ0n) is 12.8. The van der Waals surface area contributed by atoms with Crippen molar-refractivity contribution in [1.82, 2.24) is 15.3 Å². The van der Waals surface area contributed by atoms with E-state index in [9.17, 15) is 4.79 Å². The number of nitrogens with zero attached hydrogens (tertiary/aromatic N) is 3. The molecule has 20 heavy (non-hydrogen) atoms. The highest BCUT2D eigenvalue weighted by molar-refractivity contribution is 6.29. The summed E-state index contributed by atoms with van der Waals surface area (Å²) in [7, 11) is 1.82. The van der Waals surface area contributed by atoms with Crippen LogP contribution in [-0.2, 0) is 10.2 Å². The molecule has 1 rings (SSSR count). The van der Waals surface area contributed by atoms with Crippen LogP contribution in [0.5, 0.6) is 0 Å². The molecule has 1 heterocycles. The van der Waals surface area contributed by atoms with Gasteiger partial charge in [-0.15, -0.1) is 0 Å². The van der Waals surface area contributed by atoms with Crippen LogP contribution in [0.3, 0.4) is 0 Å². The van der Waals surface area contributed by atoms with Crippen LogP contribution < -0.4 is 10.2 Å². The van der Waals surface area contributed by atoms with Crippen LogP contribution >= 0.6 is 11.6 Å². The van der Waals surface area contributed by atoms with Crippen molar-refractivity contribution in [2.45, 2.75) is 39.5 Å². The molecule has 5 nitrogen and oxygen atoms in total. The molecule has 0 saturated heterocycles. The molecule has 0 spiro atoms. The van der Waals surface area contributed by atoms with Crippen molar-refractivity contribution in [3.8, 4) is 0 Å². The lowest BCUT2D eigenvalue weighted by Crippen LogP contribution is -2.36. The van der Waals surface area contributed by atoms with Gasteiger partial charge in [0.25, 0.3) is 0 Å². The third-order valence-corrected chi connectivity index (χ3v) is 2.89. The number of aromatic nitrogens is 2. The molecular weight excluding hydrogens is 276 g/mol. The van der Waals surface area contributed by atoms with E-state index < -0.39 is 0 Å². The third-order valence-electron chi connectivity index (χ3n) is 2.70. The summed E-state index contributed by atoms with van der Waals surface area (Å²) in [6.07, 6.45) is 0.920. The Morgan fingerprint density at radius 2 is 2.05 bits per heavy atom. The second-order valence-electron chi connectivity index (χ2n) is 5.83. The molecule has 1 N–H and O–H groups in total. The van der Waals surface area contributed by atoms with Crippen LogP contribution in [0.15, 0.2) is 6.07 Å². The van der Waals surface area contributed by atoms with Crippen molar-refractivity contribution in [3.05, 3.63) is 17.0 Å². The van der Waals surface area contributed by atoms with Crippen molar-refractivity contribution in [3.63, 3.8) is 0 Å². The molecule has 0 radical (unpaired) electrons. The molecule has 1 aromatic rings. The quantitative estimate of drug-likeness (QED) is 0.848. The van der Waals surface area contributed by atoms with Gasteiger partial charge in [0.2, 0.25) is 5.91 Å². The summed E-state index contributed by atoms with van der Waals surface area (Å²) in [4.78, 5) is 22.2. The minimum atomic E-state index is -0.190. The summed E-state index contributed by atoms with van der Waals surface area (Å²) in [6, 6.07) is 1.67. The fraction of sp³-hybridized carbons (Fsp3) is 0.643. The van der Waals surface area contributed by atoms with Crippen molar-refractivity contribution in [1.29, 1.82) is 0 Å². The van der Waals surface area contributed by atoms with Crippen molar-refractivity contribution < 1.29 is 4.79 Å². The SMILES string of the molecule is CCCNC(=O)CN(C)c1cc(Cl)nc(C(C)(C)C)n1. The smallest absolute Gasteiger partial charge is 0.239 e. The second kappa shape index (κ2) is 6.88. The van der Waals surface area contributed by atoms with Gasteiger partial charge in [0.15, 0.2) is 0 Å². The van der Waals surface area contributed by atoms with Gasteiger partial charge >= 0.3 is 0 Å². The topological polar surface area (TPSA) is 58.1 Å². The van der Waals surface area contributed by atoms with E-state index in [-0.39, 0.29) is 17.9 Å². The molecule has 0 aliphatic heterocycles. The van der Waals surface area contributed by atoms with Crippen molar-refractivity contribution >= 4 is 23.3 Å². The number of halogens is 1. The number of hydrogen-bond acceptors (Lipinski definition) is 4. The first-order valence-corrected chi connectivity index (χ1v) is 7.14. The lowest BCUT2D eigenvalue weighted by Gasteiger charge is -2.22. The van der Waals surface area contributed by atoms with Gasteiger partial charge in [0.05, 0.1) is 6.54 Å². The molecule has 112 valence electrons. The molecule has 1 amide bonds. The fourth-order valence-corrected chi connectivity index (χ4v) is 1.73. The maximum atomic E-state index is 11.7. The first-order valence-electron chi connectivity index (χ1n) is 6.77. The van der Waals surface area contributed by atoms with Gasteiger partial charge in [0, 0.05) is 25.1 Å². The minimum absolute atomic E-state index is 0.0265. The Balaban J connectivity index is 2.85. The van der Waals surface area contributed by atoms with Crippen LogP contribution in [0, 0.1) is 0 Å². The summed E-state index contributed by atoms with van der Waals surface area (Å²) in [5.74, 6) is 1.30. The molecule has 0 aromatic carbocycles. The molecule has 0 saturated carbocycles. The van der Waals surface area contributed by atoms with Crippen molar-refractivity contribution in [2.24, 2.45) is 0 Å². The maximum absolute atomic E-state index is 11.7. The number of hydrogen-bond donors (Lipinski definition) is 1. The van der Waals surface area contributed by atoms with Crippen LogP contribution in [0.25, 0.3) is 0 Å². The number of amides is 1. The van der Waals surface area contributed by atoms with Crippen LogP contribution in [-0.4, -0.2) is 36.0 Å². The Morgan fingerprint density at radius 3 is 2.60 bits per heavy atom. The highest BCUT2D eigenvalue weighted by atomic mass is 35.5. The molecule has 1 aromatic heterocycles. The summed E-state index contributed by atoms with van der Waals surface area (Å²) < 4.78 is 0. The molecular formula is C14H23ClN4O. The molecule has 0 aliphatic rings. The summed E-state index contributed by atoms with van der Waals surface area (Å²) in [5, 5.41) is 3.23. The minimum Gasteiger partial charge on any atom is -0.355 e. The predicted octanol–water partition coefficient (Wildman–Crippen LogP) is 2.39. The first kappa shape index (κ1) is 16.7. The van der Waals surface area contributed by atoms with Gasteiger partial charge in [-0.05, 0) is 6.42 Å². The zero-order chi connectivity index (χ0) is 15.3. The molecule has 0 bridgehead atoms. The zero-order valence-corrected chi connectivity index (χ0v) is 13.6. The molecule has 0 unspecified atom stereocenters. The Hall–Kier alpha value is -1.36. The second-order valence-corrected chi connectivity index (χ2v) is 6.22. The third kappa shape index (κ3) is 4.96. The van der Waals surface area contributed by atoms with Gasteiger partial charge in [-0.25, -0.2) is 9.97 Å². The monoisotopic (exact) mass is 298 g/mol. The molecule has 0 fully saturated rings. The Morgan fingerprint density at radius 1 is 1.40 bits per heavy atom. The number of rotatable bonds is 5. The average Bonchev–Trinajstić information content (AvgIpc) is 2.34. The highest BCUT2D eigenvalue weighted by Gasteiger charge is 2.20. The predicted molar refractivity (Wildman–Crippen MR) is 82.3 cm³/mol. The lowest BCUT2D eigenvalue weighted by atomic mass is 9.96. The standard InChI is InChI=1S/C14H23ClN4O/c1-6-7-16-12(20)9-19(5)11-8-10(15)17-13(18-11)14(2,3)4/h8H,6-7,9H2,1-5H3,(H,16,20).